The van der Waals surface area contributed by atoms with Gasteiger partial charge in [0.05, 0.1) is 18.2 Å². The molecule has 0 fully saturated rings. The van der Waals surface area contributed by atoms with Crippen LogP contribution in [-0.4, -0.2) is 28.0 Å². The Morgan fingerprint density at radius 1 is 0.882 bits per heavy atom. The number of amides is 1. The lowest BCUT2D eigenvalue weighted by molar-refractivity contribution is 0.102. The number of methoxy groups -OCH3 is 1. The van der Waals surface area contributed by atoms with E-state index in [9.17, 15) is 4.79 Å². The summed E-state index contributed by atoms with van der Waals surface area (Å²) >= 11 is 0. The van der Waals surface area contributed by atoms with Crippen LogP contribution in [0.15, 0.2) is 91.3 Å². The van der Waals surface area contributed by atoms with Gasteiger partial charge in [-0.1, -0.05) is 42.5 Å². The summed E-state index contributed by atoms with van der Waals surface area (Å²) in [7, 11) is 1.63. The number of pyridine rings is 1. The lowest BCUT2D eigenvalue weighted by Crippen LogP contribution is -2.11. The molecule has 0 unspecified atom stereocenters. The molecular weight excluding hydrogens is 426 g/mol. The number of nitrogen functional groups attached to an aromatic ring is 1. The SMILES string of the molecule is COc1cccc(-c2cc(-c3ccc(NC(=O)c4ccccc4)cc3)c3c(N)ncnc3n2)c1. The van der Waals surface area contributed by atoms with Crippen molar-refractivity contribution < 1.29 is 9.53 Å². The molecule has 0 aliphatic rings. The van der Waals surface area contributed by atoms with Gasteiger partial charge in [0.25, 0.3) is 5.91 Å². The van der Waals surface area contributed by atoms with Gasteiger partial charge in [0.2, 0.25) is 0 Å². The number of nitrogens with two attached hydrogens (primary N) is 1. The Morgan fingerprint density at radius 2 is 1.68 bits per heavy atom. The second-order valence-corrected chi connectivity index (χ2v) is 7.64. The summed E-state index contributed by atoms with van der Waals surface area (Å²) in [5, 5.41) is 3.60. The highest BCUT2D eigenvalue weighted by Gasteiger charge is 2.14. The number of carbonyl (C=O) groups is 1. The van der Waals surface area contributed by atoms with Gasteiger partial charge in [-0.2, -0.15) is 0 Å². The molecule has 3 N–H and O–H groups in total. The van der Waals surface area contributed by atoms with Crippen LogP contribution in [0.3, 0.4) is 0 Å². The van der Waals surface area contributed by atoms with Crippen LogP contribution in [-0.2, 0) is 0 Å². The van der Waals surface area contributed by atoms with E-state index < -0.39 is 0 Å². The quantitative estimate of drug-likeness (QED) is 0.384. The largest absolute Gasteiger partial charge is 0.497 e. The van der Waals surface area contributed by atoms with E-state index in [4.69, 9.17) is 15.5 Å². The van der Waals surface area contributed by atoms with Gasteiger partial charge in [-0.05, 0) is 53.6 Å². The maximum absolute atomic E-state index is 12.5. The highest BCUT2D eigenvalue weighted by atomic mass is 16.5. The predicted molar refractivity (Wildman–Crippen MR) is 134 cm³/mol. The first-order valence-electron chi connectivity index (χ1n) is 10.6. The number of fused-ring (bicyclic) bond motifs is 1. The van der Waals surface area contributed by atoms with Crippen LogP contribution in [0.2, 0.25) is 0 Å². The minimum Gasteiger partial charge on any atom is -0.497 e. The van der Waals surface area contributed by atoms with E-state index >= 15 is 0 Å². The molecule has 3 aromatic carbocycles. The molecular formula is C27H21N5O2. The molecule has 0 saturated carbocycles. The highest BCUT2D eigenvalue weighted by Crippen LogP contribution is 2.34. The summed E-state index contributed by atoms with van der Waals surface area (Å²) in [5.41, 5.74) is 11.4. The average Bonchev–Trinajstić information content (AvgIpc) is 2.89. The van der Waals surface area contributed by atoms with Crippen molar-refractivity contribution in [2.45, 2.75) is 0 Å². The third-order valence-electron chi connectivity index (χ3n) is 5.49. The minimum absolute atomic E-state index is 0.166. The average molecular weight is 447 g/mol. The first-order valence-corrected chi connectivity index (χ1v) is 10.6. The summed E-state index contributed by atoms with van der Waals surface area (Å²) in [6.45, 7) is 0. The number of aromatic nitrogens is 3. The van der Waals surface area contributed by atoms with Crippen molar-refractivity contribution in [3.8, 4) is 28.1 Å². The van der Waals surface area contributed by atoms with Crippen LogP contribution < -0.4 is 15.8 Å². The van der Waals surface area contributed by atoms with Crippen LogP contribution in [0.1, 0.15) is 10.4 Å². The predicted octanol–water partition coefficient (Wildman–Crippen LogP) is 5.20. The van der Waals surface area contributed by atoms with Crippen molar-refractivity contribution >= 4 is 28.4 Å². The molecule has 7 heteroatoms. The van der Waals surface area contributed by atoms with Gasteiger partial charge in [0.15, 0.2) is 5.65 Å². The minimum atomic E-state index is -0.166. The number of rotatable bonds is 5. The van der Waals surface area contributed by atoms with E-state index in [1.54, 1.807) is 19.2 Å². The van der Waals surface area contributed by atoms with Crippen LogP contribution >= 0.6 is 0 Å². The number of hydrogen-bond acceptors (Lipinski definition) is 6. The number of nitrogens with zero attached hydrogens (tertiary/aromatic N) is 3. The summed E-state index contributed by atoms with van der Waals surface area (Å²) in [6.07, 6.45) is 1.41. The van der Waals surface area contributed by atoms with Crippen LogP contribution in [0.4, 0.5) is 11.5 Å². The summed E-state index contributed by atoms with van der Waals surface area (Å²) in [4.78, 5) is 25.7. The highest BCUT2D eigenvalue weighted by molar-refractivity contribution is 6.05. The normalized spacial score (nSPS) is 10.7. The molecule has 0 aliphatic carbocycles. The number of benzene rings is 3. The Balaban J connectivity index is 1.55. The smallest absolute Gasteiger partial charge is 0.255 e. The monoisotopic (exact) mass is 447 g/mol. The third kappa shape index (κ3) is 4.14. The van der Waals surface area contributed by atoms with E-state index in [1.165, 1.54) is 6.33 Å². The maximum Gasteiger partial charge on any atom is 0.255 e. The van der Waals surface area contributed by atoms with Gasteiger partial charge in [0.1, 0.15) is 17.9 Å². The van der Waals surface area contributed by atoms with E-state index in [0.717, 1.165) is 28.1 Å². The zero-order valence-corrected chi connectivity index (χ0v) is 18.4. The van der Waals surface area contributed by atoms with Crippen LogP contribution in [0, 0.1) is 0 Å². The van der Waals surface area contributed by atoms with E-state index in [0.29, 0.717) is 28.1 Å². The molecule has 2 aromatic heterocycles. The van der Waals surface area contributed by atoms with Crippen molar-refractivity contribution in [2.75, 3.05) is 18.2 Å². The molecule has 0 atom stereocenters. The zero-order chi connectivity index (χ0) is 23.5. The molecule has 1 amide bonds. The topological polar surface area (TPSA) is 103 Å². The maximum atomic E-state index is 12.5. The molecule has 166 valence electrons. The molecule has 0 aliphatic heterocycles. The number of hydrogen-bond donors (Lipinski definition) is 2. The zero-order valence-electron chi connectivity index (χ0n) is 18.4. The molecule has 0 bridgehead atoms. The van der Waals surface area contributed by atoms with Crippen molar-refractivity contribution in [1.29, 1.82) is 0 Å². The van der Waals surface area contributed by atoms with E-state index in [-0.39, 0.29) is 5.91 Å². The lowest BCUT2D eigenvalue weighted by Gasteiger charge is -2.12. The molecule has 0 saturated heterocycles. The fourth-order valence-electron chi connectivity index (χ4n) is 3.77. The molecule has 0 spiro atoms. The third-order valence-corrected chi connectivity index (χ3v) is 5.49. The van der Waals surface area contributed by atoms with Gasteiger partial charge in [0, 0.05) is 16.8 Å². The van der Waals surface area contributed by atoms with Crippen LogP contribution in [0.5, 0.6) is 5.75 Å². The van der Waals surface area contributed by atoms with Crippen molar-refractivity contribution in [3.63, 3.8) is 0 Å². The standard InChI is InChI=1S/C27H21N5O2/c1-34-21-9-5-8-19(14-21)23-15-22(24-25(28)29-16-30-26(24)32-23)17-10-12-20(13-11-17)31-27(33)18-6-3-2-4-7-18/h2-16H,1H3,(H,31,33)(H2,28,29,30,32). The summed E-state index contributed by atoms with van der Waals surface area (Å²) < 4.78 is 5.37. The molecule has 0 radical (unpaired) electrons. The Labute approximate surface area is 196 Å². The molecule has 7 nitrogen and oxygen atoms in total. The Morgan fingerprint density at radius 3 is 2.44 bits per heavy atom. The second-order valence-electron chi connectivity index (χ2n) is 7.64. The summed E-state index contributed by atoms with van der Waals surface area (Å²) in [6, 6.07) is 26.3. The number of ether oxygens (including phenoxy) is 1. The van der Waals surface area contributed by atoms with Gasteiger partial charge in [-0.25, -0.2) is 15.0 Å². The van der Waals surface area contributed by atoms with Gasteiger partial charge < -0.3 is 15.8 Å². The molecule has 5 aromatic rings. The van der Waals surface area contributed by atoms with Crippen molar-refractivity contribution in [1.82, 2.24) is 15.0 Å². The van der Waals surface area contributed by atoms with Gasteiger partial charge in [-0.15, -0.1) is 0 Å². The van der Waals surface area contributed by atoms with Gasteiger partial charge >= 0.3 is 0 Å². The van der Waals surface area contributed by atoms with Gasteiger partial charge in [-0.3, -0.25) is 4.79 Å². The first-order chi connectivity index (χ1) is 16.6. The van der Waals surface area contributed by atoms with E-state index in [2.05, 4.69) is 15.3 Å². The fraction of sp³-hybridized carbons (Fsp3) is 0.0370. The van der Waals surface area contributed by atoms with Crippen molar-refractivity contribution in [3.05, 3.63) is 96.8 Å². The van der Waals surface area contributed by atoms with Crippen molar-refractivity contribution in [2.24, 2.45) is 0 Å². The molecule has 2 heterocycles. The van der Waals surface area contributed by atoms with Crippen LogP contribution in [0.25, 0.3) is 33.4 Å². The van der Waals surface area contributed by atoms with E-state index in [1.807, 2.05) is 72.8 Å². The number of anilines is 2. The second kappa shape index (κ2) is 8.99. The fourth-order valence-corrected chi connectivity index (χ4v) is 3.77. The first kappa shape index (κ1) is 21.1. The number of carbonyl (C=O) groups excluding carboxylic acids is 1. The lowest BCUT2D eigenvalue weighted by atomic mass is 9.99. The Bertz CT molecular complexity index is 1480. The Hall–Kier alpha value is -4.78. The molecule has 5 rings (SSSR count). The number of nitrogens with one attached hydrogen (secondary N) is 1. The Kier molecular flexibility index (Phi) is 5.58. The molecule has 34 heavy (non-hydrogen) atoms. The summed E-state index contributed by atoms with van der Waals surface area (Å²) in [5.74, 6) is 0.925.